The zero-order chi connectivity index (χ0) is 25.9. The average molecular weight is 502 g/mol. The molecule has 7 nitrogen and oxygen atoms in total. The lowest BCUT2D eigenvalue weighted by molar-refractivity contribution is 0.0952. The van der Waals surface area contributed by atoms with Gasteiger partial charge in [-0.15, -0.1) is 0 Å². The maximum atomic E-state index is 12.4. The van der Waals surface area contributed by atoms with Gasteiger partial charge in [-0.1, -0.05) is 30.7 Å². The standard InChI is InChI=1S/C30H35N3O4/c1-35-24-12-8-11-23(21-24)30(34)31-18-7-3-4-17-29-32-27-15-5-6-16-28(27)33(29)19-10-20-37-26-14-9-13-25(22-26)36-2/h5-6,8-9,11-16,21-22H,3-4,7,10,17-20H2,1-2H3,(H,31,34). The first-order chi connectivity index (χ1) is 18.2. The van der Waals surface area contributed by atoms with Crippen LogP contribution in [0.5, 0.6) is 17.2 Å². The Kier molecular flexibility index (Phi) is 9.41. The summed E-state index contributed by atoms with van der Waals surface area (Å²) < 4.78 is 18.7. The van der Waals surface area contributed by atoms with Crippen molar-refractivity contribution in [3.05, 3.63) is 84.2 Å². The van der Waals surface area contributed by atoms with Crippen LogP contribution in [0.25, 0.3) is 11.0 Å². The number of aromatic nitrogens is 2. The van der Waals surface area contributed by atoms with Gasteiger partial charge in [-0.05, 0) is 61.7 Å². The van der Waals surface area contributed by atoms with Crippen molar-refractivity contribution in [3.8, 4) is 17.2 Å². The summed E-state index contributed by atoms with van der Waals surface area (Å²) in [7, 11) is 3.25. The van der Waals surface area contributed by atoms with Gasteiger partial charge in [0.1, 0.15) is 23.1 Å². The van der Waals surface area contributed by atoms with Gasteiger partial charge in [0.2, 0.25) is 0 Å². The van der Waals surface area contributed by atoms with Crippen LogP contribution >= 0.6 is 0 Å². The van der Waals surface area contributed by atoms with Gasteiger partial charge < -0.3 is 24.1 Å². The summed E-state index contributed by atoms with van der Waals surface area (Å²) in [6, 6.07) is 23.2. The molecule has 1 amide bonds. The van der Waals surface area contributed by atoms with E-state index in [1.807, 2.05) is 42.5 Å². The van der Waals surface area contributed by atoms with Gasteiger partial charge >= 0.3 is 0 Å². The van der Waals surface area contributed by atoms with Gasteiger partial charge in [0, 0.05) is 31.1 Å². The lowest BCUT2D eigenvalue weighted by atomic mass is 10.1. The van der Waals surface area contributed by atoms with Gasteiger partial charge in [-0.2, -0.15) is 0 Å². The SMILES string of the molecule is COc1cccc(OCCCn2c(CCCCCNC(=O)c3cccc(OC)c3)nc3ccccc32)c1. The van der Waals surface area contributed by atoms with E-state index in [0.29, 0.717) is 24.5 Å². The minimum Gasteiger partial charge on any atom is -0.497 e. The molecule has 4 aromatic rings. The molecule has 0 aliphatic rings. The second kappa shape index (κ2) is 13.3. The van der Waals surface area contributed by atoms with Gasteiger partial charge in [-0.25, -0.2) is 4.98 Å². The molecule has 0 unspecified atom stereocenters. The van der Waals surface area contributed by atoms with Crippen molar-refractivity contribution in [2.45, 2.75) is 38.6 Å². The number of carbonyl (C=O) groups is 1. The number of unbranched alkanes of at least 4 members (excludes halogenated alkanes) is 2. The Hall–Kier alpha value is -4.00. The summed E-state index contributed by atoms with van der Waals surface area (Å²) in [5, 5.41) is 3.00. The third-order valence-corrected chi connectivity index (χ3v) is 6.26. The summed E-state index contributed by atoms with van der Waals surface area (Å²) in [6.45, 7) is 2.11. The maximum Gasteiger partial charge on any atom is 0.251 e. The smallest absolute Gasteiger partial charge is 0.251 e. The third-order valence-electron chi connectivity index (χ3n) is 6.26. The lowest BCUT2D eigenvalue weighted by Crippen LogP contribution is -2.24. The molecule has 0 saturated heterocycles. The van der Waals surface area contributed by atoms with E-state index >= 15 is 0 Å². The number of methoxy groups -OCH3 is 2. The molecule has 0 aliphatic heterocycles. The van der Waals surface area contributed by atoms with Gasteiger partial charge in [0.05, 0.1) is 31.9 Å². The monoisotopic (exact) mass is 501 g/mol. The lowest BCUT2D eigenvalue weighted by Gasteiger charge is -2.11. The molecular weight excluding hydrogens is 466 g/mol. The molecule has 194 valence electrons. The van der Waals surface area contributed by atoms with Crippen molar-refractivity contribution in [1.82, 2.24) is 14.9 Å². The number of hydrogen-bond acceptors (Lipinski definition) is 5. The van der Waals surface area contributed by atoms with Crippen molar-refractivity contribution >= 4 is 16.9 Å². The molecule has 4 rings (SSSR count). The minimum absolute atomic E-state index is 0.0724. The molecule has 7 heteroatoms. The summed E-state index contributed by atoms with van der Waals surface area (Å²) in [6.07, 6.45) is 4.72. The quantitative estimate of drug-likeness (QED) is 0.226. The molecule has 3 aromatic carbocycles. The Balaban J connectivity index is 1.24. The van der Waals surface area contributed by atoms with E-state index in [1.54, 1.807) is 26.4 Å². The third kappa shape index (κ3) is 7.26. The van der Waals surface area contributed by atoms with Crippen LogP contribution in [0.1, 0.15) is 41.9 Å². The highest BCUT2D eigenvalue weighted by atomic mass is 16.5. The largest absolute Gasteiger partial charge is 0.497 e. The zero-order valence-electron chi connectivity index (χ0n) is 21.6. The minimum atomic E-state index is -0.0724. The van der Waals surface area contributed by atoms with Gasteiger partial charge in [-0.3, -0.25) is 4.79 Å². The number of fused-ring (bicyclic) bond motifs is 1. The highest BCUT2D eigenvalue weighted by molar-refractivity contribution is 5.94. The van der Waals surface area contributed by atoms with E-state index in [9.17, 15) is 4.79 Å². The van der Waals surface area contributed by atoms with E-state index in [1.165, 1.54) is 0 Å². The Morgan fingerprint density at radius 1 is 0.838 bits per heavy atom. The van der Waals surface area contributed by atoms with Crippen LogP contribution in [0.2, 0.25) is 0 Å². The summed E-state index contributed by atoms with van der Waals surface area (Å²) in [5.74, 6) is 3.32. The molecule has 0 bridgehead atoms. The molecule has 1 aromatic heterocycles. The van der Waals surface area contributed by atoms with Crippen LogP contribution in [-0.4, -0.2) is 42.8 Å². The van der Waals surface area contributed by atoms with Crippen molar-refractivity contribution in [3.63, 3.8) is 0 Å². The van der Waals surface area contributed by atoms with Gasteiger partial charge in [0.15, 0.2) is 0 Å². The number of nitrogens with zero attached hydrogens (tertiary/aromatic N) is 2. The highest BCUT2D eigenvalue weighted by Crippen LogP contribution is 2.21. The number of para-hydroxylation sites is 2. The van der Waals surface area contributed by atoms with E-state index in [4.69, 9.17) is 19.2 Å². The highest BCUT2D eigenvalue weighted by Gasteiger charge is 2.11. The topological polar surface area (TPSA) is 74.6 Å². The number of rotatable bonds is 14. The van der Waals surface area contributed by atoms with Crippen LogP contribution in [0, 0.1) is 0 Å². The average Bonchev–Trinajstić information content (AvgIpc) is 3.30. The van der Waals surface area contributed by atoms with Crippen LogP contribution in [0.3, 0.4) is 0 Å². The number of amides is 1. The second-order valence-electron chi connectivity index (χ2n) is 8.85. The van der Waals surface area contributed by atoms with Crippen molar-refractivity contribution in [2.24, 2.45) is 0 Å². The Morgan fingerprint density at radius 2 is 1.59 bits per heavy atom. The van der Waals surface area contributed by atoms with Crippen LogP contribution in [-0.2, 0) is 13.0 Å². The molecule has 0 saturated carbocycles. The van der Waals surface area contributed by atoms with E-state index in [-0.39, 0.29) is 5.91 Å². The summed E-state index contributed by atoms with van der Waals surface area (Å²) >= 11 is 0. The first kappa shape index (κ1) is 26.1. The summed E-state index contributed by atoms with van der Waals surface area (Å²) in [5.41, 5.74) is 2.80. The normalized spacial score (nSPS) is 10.9. The number of imidazole rings is 1. The Morgan fingerprint density at radius 3 is 2.43 bits per heavy atom. The van der Waals surface area contributed by atoms with Crippen LogP contribution < -0.4 is 19.5 Å². The number of hydrogen-bond donors (Lipinski definition) is 1. The molecule has 1 heterocycles. The first-order valence-electron chi connectivity index (χ1n) is 12.8. The fourth-order valence-corrected chi connectivity index (χ4v) is 4.32. The molecule has 0 fully saturated rings. The number of benzene rings is 3. The number of nitrogens with one attached hydrogen (secondary N) is 1. The molecular formula is C30H35N3O4. The van der Waals surface area contributed by atoms with Crippen LogP contribution in [0.15, 0.2) is 72.8 Å². The fourth-order valence-electron chi connectivity index (χ4n) is 4.32. The van der Waals surface area contributed by atoms with Crippen molar-refractivity contribution in [1.29, 1.82) is 0 Å². The molecule has 0 aliphatic carbocycles. The molecule has 37 heavy (non-hydrogen) atoms. The van der Waals surface area contributed by atoms with E-state index in [2.05, 4.69) is 28.1 Å². The number of carbonyl (C=O) groups excluding carboxylic acids is 1. The molecule has 0 radical (unpaired) electrons. The summed E-state index contributed by atoms with van der Waals surface area (Å²) in [4.78, 5) is 17.3. The van der Waals surface area contributed by atoms with Gasteiger partial charge in [0.25, 0.3) is 5.91 Å². The molecule has 1 N–H and O–H groups in total. The Labute approximate surface area is 218 Å². The molecule has 0 spiro atoms. The second-order valence-corrected chi connectivity index (χ2v) is 8.85. The Bertz CT molecular complexity index is 1300. The zero-order valence-corrected chi connectivity index (χ0v) is 21.6. The van der Waals surface area contributed by atoms with Crippen molar-refractivity contribution in [2.75, 3.05) is 27.4 Å². The predicted molar refractivity (Wildman–Crippen MR) is 146 cm³/mol. The fraction of sp³-hybridized carbons (Fsp3) is 0.333. The van der Waals surface area contributed by atoms with E-state index in [0.717, 1.165) is 67.0 Å². The predicted octanol–water partition coefficient (Wildman–Crippen LogP) is 5.67. The van der Waals surface area contributed by atoms with Crippen LogP contribution in [0.4, 0.5) is 0 Å². The number of aryl methyl sites for hydroxylation is 2. The first-order valence-corrected chi connectivity index (χ1v) is 12.8. The maximum absolute atomic E-state index is 12.4. The van der Waals surface area contributed by atoms with E-state index < -0.39 is 0 Å². The van der Waals surface area contributed by atoms with Crippen molar-refractivity contribution < 1.29 is 19.0 Å². The number of ether oxygens (including phenoxy) is 3. The molecule has 0 atom stereocenters.